The average Bonchev–Trinajstić information content (AvgIpc) is 3.44. The lowest BCUT2D eigenvalue weighted by molar-refractivity contribution is -0.0372. The summed E-state index contributed by atoms with van der Waals surface area (Å²) in [5.41, 5.74) is 2.29. The van der Waals surface area contributed by atoms with Gasteiger partial charge < -0.3 is 24.8 Å². The molecule has 6 rings (SSSR count). The van der Waals surface area contributed by atoms with Gasteiger partial charge in [-0.15, -0.1) is 0 Å². The highest BCUT2D eigenvalue weighted by Gasteiger charge is 2.49. The fourth-order valence-electron chi connectivity index (χ4n) is 6.40. The molecule has 2 saturated heterocycles. The molecule has 2 atom stereocenters. The van der Waals surface area contributed by atoms with Crippen molar-refractivity contribution in [3.63, 3.8) is 0 Å². The van der Waals surface area contributed by atoms with Crippen LogP contribution < -0.4 is 10.2 Å². The van der Waals surface area contributed by atoms with Gasteiger partial charge in [-0.2, -0.15) is 5.10 Å². The molecule has 0 saturated carbocycles. The summed E-state index contributed by atoms with van der Waals surface area (Å²) in [5.74, 6) is -0.450. The molecule has 40 heavy (non-hydrogen) atoms. The second-order valence-electron chi connectivity index (χ2n) is 12.1. The highest BCUT2D eigenvalue weighted by atomic mass is 16.6. The number of carboxylic acids is 1. The first-order chi connectivity index (χ1) is 19.1. The lowest BCUT2D eigenvalue weighted by atomic mass is 9.72. The molecule has 0 bridgehead atoms. The third kappa shape index (κ3) is 4.87. The Morgan fingerprint density at radius 1 is 1.18 bits per heavy atom. The molecule has 11 nitrogen and oxygen atoms in total. The van der Waals surface area contributed by atoms with Crippen molar-refractivity contribution in [1.29, 1.82) is 0 Å². The van der Waals surface area contributed by atoms with Gasteiger partial charge >= 0.3 is 12.1 Å². The lowest BCUT2D eigenvalue weighted by Gasteiger charge is -2.43. The molecule has 2 aliphatic heterocycles. The maximum Gasteiger partial charge on any atom is 0.408 e. The standard InChI is InChI=1S/C29H36N6O5/c1-28(2,3)40-27(38)32-24-19-9-5-4-8-18(19)16-29(24)11-13-34(14-12-29)20-17-30-22-23(26(36)37)33-35(25(22)31-20)21-10-6-7-15-39-21/h4-5,8-9,17,21,24H,6-7,10-16H2,1-3H3,(H,32,38)(H,36,37)/t21?,24-/m1/s1. The first kappa shape index (κ1) is 26.5. The van der Waals surface area contributed by atoms with E-state index in [2.05, 4.69) is 32.4 Å². The molecule has 212 valence electrons. The Labute approximate surface area is 232 Å². The van der Waals surface area contributed by atoms with Gasteiger partial charge in [-0.25, -0.2) is 24.2 Å². The van der Waals surface area contributed by atoms with Crippen molar-refractivity contribution < 1.29 is 24.2 Å². The van der Waals surface area contributed by atoms with Crippen LogP contribution in [0.1, 0.15) is 86.8 Å². The number of carbonyl (C=O) groups is 2. The van der Waals surface area contributed by atoms with Crippen LogP contribution in [0.5, 0.6) is 0 Å². The molecule has 3 aliphatic rings. The van der Waals surface area contributed by atoms with Crippen molar-refractivity contribution in [3.05, 3.63) is 47.3 Å². The molecule has 11 heteroatoms. The number of anilines is 1. The van der Waals surface area contributed by atoms with Crippen molar-refractivity contribution in [3.8, 4) is 0 Å². The van der Waals surface area contributed by atoms with Crippen LogP contribution in [-0.4, -0.2) is 62.2 Å². The Morgan fingerprint density at radius 3 is 2.65 bits per heavy atom. The number of aromatic carboxylic acids is 1. The topological polar surface area (TPSA) is 132 Å². The molecule has 1 aromatic carbocycles. The molecule has 2 N–H and O–H groups in total. The predicted molar refractivity (Wildman–Crippen MR) is 147 cm³/mol. The van der Waals surface area contributed by atoms with E-state index >= 15 is 0 Å². The molecule has 2 aromatic heterocycles. The van der Waals surface area contributed by atoms with E-state index in [0.717, 1.165) is 57.2 Å². The Hall–Kier alpha value is -3.73. The fourth-order valence-corrected chi connectivity index (χ4v) is 6.40. The summed E-state index contributed by atoms with van der Waals surface area (Å²) < 4.78 is 13.1. The molecule has 2 fully saturated rings. The number of hydrogen-bond donors (Lipinski definition) is 2. The van der Waals surface area contributed by atoms with Crippen LogP contribution in [0.2, 0.25) is 0 Å². The normalized spacial score (nSPS) is 22.3. The summed E-state index contributed by atoms with van der Waals surface area (Å²) in [6, 6.07) is 8.18. The van der Waals surface area contributed by atoms with Gasteiger partial charge in [-0.3, -0.25) is 0 Å². The second-order valence-corrected chi connectivity index (χ2v) is 12.1. The van der Waals surface area contributed by atoms with Crippen LogP contribution in [0.25, 0.3) is 11.2 Å². The number of fused-ring (bicyclic) bond motifs is 2. The number of amides is 1. The zero-order valence-electron chi connectivity index (χ0n) is 23.2. The second kappa shape index (κ2) is 10.0. The van der Waals surface area contributed by atoms with E-state index < -0.39 is 17.7 Å². The van der Waals surface area contributed by atoms with Crippen LogP contribution in [0.3, 0.4) is 0 Å². The zero-order valence-corrected chi connectivity index (χ0v) is 23.2. The van der Waals surface area contributed by atoms with E-state index in [9.17, 15) is 14.7 Å². The molecule has 1 unspecified atom stereocenters. The number of nitrogens with one attached hydrogen (secondary N) is 1. The van der Waals surface area contributed by atoms with E-state index in [1.54, 1.807) is 10.9 Å². The SMILES string of the molecule is CC(C)(C)OC(=O)N[C@@H]1c2ccccc2CC12CCN(c1cnc3c(C(=O)O)nn(C4CCCCO4)c3n1)CC2. The number of ether oxygens (including phenoxy) is 2. The largest absolute Gasteiger partial charge is 0.476 e. The summed E-state index contributed by atoms with van der Waals surface area (Å²) in [5, 5.41) is 17.3. The number of hydrogen-bond acceptors (Lipinski definition) is 8. The lowest BCUT2D eigenvalue weighted by Crippen LogP contribution is -2.48. The highest BCUT2D eigenvalue weighted by Crippen LogP contribution is 2.52. The third-order valence-electron chi connectivity index (χ3n) is 8.29. The number of aromatic nitrogens is 4. The highest BCUT2D eigenvalue weighted by molar-refractivity contribution is 5.98. The average molecular weight is 549 g/mol. The minimum absolute atomic E-state index is 0.111. The summed E-state index contributed by atoms with van der Waals surface area (Å²) in [4.78, 5) is 36.3. The van der Waals surface area contributed by atoms with Gasteiger partial charge in [0.2, 0.25) is 0 Å². The van der Waals surface area contributed by atoms with Gasteiger partial charge in [0, 0.05) is 25.1 Å². The van der Waals surface area contributed by atoms with Crippen molar-refractivity contribution in [2.75, 3.05) is 24.6 Å². The first-order valence-corrected chi connectivity index (χ1v) is 14.1. The van der Waals surface area contributed by atoms with Gasteiger partial charge in [-0.1, -0.05) is 24.3 Å². The number of carboxylic acid groups (broad SMARTS) is 1. The van der Waals surface area contributed by atoms with E-state index in [1.165, 1.54) is 5.56 Å². The molecule has 1 aliphatic carbocycles. The first-order valence-electron chi connectivity index (χ1n) is 14.1. The summed E-state index contributed by atoms with van der Waals surface area (Å²) in [6.07, 6.45) is 6.16. The number of benzene rings is 1. The smallest absolute Gasteiger partial charge is 0.408 e. The van der Waals surface area contributed by atoms with Crippen molar-refractivity contribution in [1.82, 2.24) is 25.1 Å². The molecule has 0 radical (unpaired) electrons. The number of piperidine rings is 1. The maximum absolute atomic E-state index is 12.9. The summed E-state index contributed by atoms with van der Waals surface area (Å²) in [6.45, 7) is 7.66. The molecular formula is C29H36N6O5. The molecule has 1 amide bonds. The quantitative estimate of drug-likeness (QED) is 0.479. The third-order valence-corrected chi connectivity index (χ3v) is 8.29. The Morgan fingerprint density at radius 2 is 1.95 bits per heavy atom. The van der Waals surface area contributed by atoms with Crippen LogP contribution in [0.4, 0.5) is 10.6 Å². The van der Waals surface area contributed by atoms with Crippen LogP contribution in [0.15, 0.2) is 30.5 Å². The van der Waals surface area contributed by atoms with Gasteiger partial charge in [0.05, 0.1) is 12.2 Å². The molecule has 1 spiro atoms. The molecule has 3 aromatic rings. The van der Waals surface area contributed by atoms with Crippen LogP contribution in [0, 0.1) is 5.41 Å². The molecular weight excluding hydrogens is 512 g/mol. The molecule has 4 heterocycles. The fraction of sp³-hybridized carbons (Fsp3) is 0.552. The Balaban J connectivity index is 1.25. The van der Waals surface area contributed by atoms with E-state index in [4.69, 9.17) is 14.5 Å². The van der Waals surface area contributed by atoms with Crippen molar-refractivity contribution in [2.45, 2.75) is 77.2 Å². The van der Waals surface area contributed by atoms with Crippen LogP contribution in [-0.2, 0) is 15.9 Å². The minimum atomic E-state index is -1.13. The van der Waals surface area contributed by atoms with Gasteiger partial charge in [-0.05, 0) is 70.4 Å². The number of nitrogens with zero attached hydrogens (tertiary/aromatic N) is 5. The Bertz CT molecular complexity index is 1430. The Kier molecular flexibility index (Phi) is 6.64. The summed E-state index contributed by atoms with van der Waals surface area (Å²) in [7, 11) is 0. The van der Waals surface area contributed by atoms with Gasteiger partial charge in [0.15, 0.2) is 17.6 Å². The zero-order chi connectivity index (χ0) is 28.1. The van der Waals surface area contributed by atoms with E-state index in [-0.39, 0.29) is 28.9 Å². The number of alkyl carbamates (subject to hydrolysis) is 1. The number of carbonyl (C=O) groups excluding carboxylic acids is 1. The van der Waals surface area contributed by atoms with E-state index in [0.29, 0.717) is 18.1 Å². The maximum atomic E-state index is 12.9. The van der Waals surface area contributed by atoms with Gasteiger partial charge in [0.1, 0.15) is 16.9 Å². The van der Waals surface area contributed by atoms with Crippen molar-refractivity contribution in [2.24, 2.45) is 5.41 Å². The van der Waals surface area contributed by atoms with E-state index in [1.807, 2.05) is 32.9 Å². The number of rotatable bonds is 4. The predicted octanol–water partition coefficient (Wildman–Crippen LogP) is 4.63. The minimum Gasteiger partial charge on any atom is -0.476 e. The summed E-state index contributed by atoms with van der Waals surface area (Å²) >= 11 is 0. The monoisotopic (exact) mass is 548 g/mol. The van der Waals surface area contributed by atoms with Gasteiger partial charge in [0.25, 0.3) is 0 Å². The van der Waals surface area contributed by atoms with Crippen LogP contribution >= 0.6 is 0 Å². The van der Waals surface area contributed by atoms with Crippen molar-refractivity contribution >= 4 is 29.0 Å².